The third-order valence-electron chi connectivity index (χ3n) is 3.13. The standard InChI is InChI=1S/C16H17N3O4S/c20-14(6-5-13-9-24-10-18-13)19-12-3-1-11(2-4-12)7-15(21)17-8-16(22)23/h1-4,9-10H,5-8H2,(H,17,21)(H,19,20)(H,22,23). The molecule has 8 heteroatoms. The number of thiazole rings is 1. The van der Waals surface area contributed by atoms with Gasteiger partial charge in [-0.1, -0.05) is 12.1 Å². The number of rotatable bonds is 8. The van der Waals surface area contributed by atoms with Gasteiger partial charge in [0, 0.05) is 17.5 Å². The van der Waals surface area contributed by atoms with E-state index in [1.165, 1.54) is 11.3 Å². The van der Waals surface area contributed by atoms with Crippen LogP contribution in [0.25, 0.3) is 0 Å². The van der Waals surface area contributed by atoms with Crippen molar-refractivity contribution in [3.63, 3.8) is 0 Å². The van der Waals surface area contributed by atoms with Gasteiger partial charge in [-0.2, -0.15) is 0 Å². The molecule has 1 heterocycles. The molecule has 0 aliphatic rings. The van der Waals surface area contributed by atoms with E-state index in [0.717, 1.165) is 11.3 Å². The van der Waals surface area contributed by atoms with Crippen LogP contribution in [0.3, 0.4) is 0 Å². The lowest BCUT2D eigenvalue weighted by Gasteiger charge is -2.06. The summed E-state index contributed by atoms with van der Waals surface area (Å²) >= 11 is 1.50. The van der Waals surface area contributed by atoms with E-state index < -0.39 is 12.5 Å². The monoisotopic (exact) mass is 347 g/mol. The van der Waals surface area contributed by atoms with Gasteiger partial charge in [-0.3, -0.25) is 14.4 Å². The van der Waals surface area contributed by atoms with E-state index in [1.807, 2.05) is 5.38 Å². The molecule has 126 valence electrons. The van der Waals surface area contributed by atoms with Gasteiger partial charge >= 0.3 is 5.97 Å². The molecule has 0 bridgehead atoms. The van der Waals surface area contributed by atoms with Gasteiger partial charge in [-0.25, -0.2) is 4.98 Å². The van der Waals surface area contributed by atoms with Crippen molar-refractivity contribution in [1.82, 2.24) is 10.3 Å². The van der Waals surface area contributed by atoms with Crippen LogP contribution < -0.4 is 10.6 Å². The zero-order valence-corrected chi connectivity index (χ0v) is 13.6. The topological polar surface area (TPSA) is 108 Å². The van der Waals surface area contributed by atoms with Crippen LogP contribution in [0.1, 0.15) is 17.7 Å². The number of anilines is 1. The highest BCUT2D eigenvalue weighted by atomic mass is 32.1. The predicted octanol–water partition coefficient (Wildman–Crippen LogP) is 1.46. The summed E-state index contributed by atoms with van der Waals surface area (Å²) < 4.78 is 0. The molecule has 24 heavy (non-hydrogen) atoms. The van der Waals surface area contributed by atoms with Gasteiger partial charge in [0.15, 0.2) is 0 Å². The first-order valence-electron chi connectivity index (χ1n) is 7.27. The number of amides is 2. The molecule has 1 aromatic heterocycles. The lowest BCUT2D eigenvalue weighted by Crippen LogP contribution is -2.30. The van der Waals surface area contributed by atoms with Gasteiger partial charge in [0.25, 0.3) is 0 Å². The van der Waals surface area contributed by atoms with Crippen molar-refractivity contribution in [2.45, 2.75) is 19.3 Å². The van der Waals surface area contributed by atoms with Crippen molar-refractivity contribution in [3.05, 3.63) is 46.4 Å². The van der Waals surface area contributed by atoms with Crippen LogP contribution in [0.15, 0.2) is 35.2 Å². The van der Waals surface area contributed by atoms with Crippen LogP contribution in [-0.2, 0) is 27.2 Å². The largest absolute Gasteiger partial charge is 0.480 e. The van der Waals surface area contributed by atoms with E-state index in [0.29, 0.717) is 18.5 Å². The summed E-state index contributed by atoms with van der Waals surface area (Å²) in [6.45, 7) is -0.397. The highest BCUT2D eigenvalue weighted by molar-refractivity contribution is 7.07. The summed E-state index contributed by atoms with van der Waals surface area (Å²) in [6, 6.07) is 6.86. The van der Waals surface area contributed by atoms with Gasteiger partial charge in [0.2, 0.25) is 11.8 Å². The smallest absolute Gasteiger partial charge is 0.322 e. The number of aryl methyl sites for hydroxylation is 1. The molecule has 0 saturated carbocycles. The molecule has 0 fully saturated rings. The average Bonchev–Trinajstić information content (AvgIpc) is 3.06. The SMILES string of the molecule is O=C(O)CNC(=O)Cc1ccc(NC(=O)CCc2cscn2)cc1. The Morgan fingerprint density at radius 1 is 1.12 bits per heavy atom. The van der Waals surface area contributed by atoms with Crippen molar-refractivity contribution < 1.29 is 19.5 Å². The minimum Gasteiger partial charge on any atom is -0.480 e. The Morgan fingerprint density at radius 3 is 2.50 bits per heavy atom. The number of hydrogen-bond acceptors (Lipinski definition) is 5. The molecule has 2 rings (SSSR count). The Hall–Kier alpha value is -2.74. The average molecular weight is 347 g/mol. The number of nitrogens with one attached hydrogen (secondary N) is 2. The van der Waals surface area contributed by atoms with Crippen LogP contribution in [0.4, 0.5) is 5.69 Å². The molecule has 0 spiro atoms. The minimum absolute atomic E-state index is 0.0886. The molecule has 0 aliphatic carbocycles. The molecule has 0 atom stereocenters. The number of nitrogens with zero attached hydrogens (tertiary/aromatic N) is 1. The lowest BCUT2D eigenvalue weighted by atomic mass is 10.1. The fourth-order valence-electron chi connectivity index (χ4n) is 1.95. The molecule has 0 radical (unpaired) electrons. The number of benzene rings is 1. The van der Waals surface area contributed by atoms with E-state index in [9.17, 15) is 14.4 Å². The maximum Gasteiger partial charge on any atom is 0.322 e. The fraction of sp³-hybridized carbons (Fsp3) is 0.250. The molecule has 3 N–H and O–H groups in total. The summed E-state index contributed by atoms with van der Waals surface area (Å²) in [4.78, 5) is 37.9. The minimum atomic E-state index is -1.08. The number of hydrogen-bond donors (Lipinski definition) is 3. The Labute approximate surface area is 142 Å². The van der Waals surface area contributed by atoms with Gasteiger partial charge in [-0.05, 0) is 24.1 Å². The maximum absolute atomic E-state index is 11.9. The van der Waals surface area contributed by atoms with Crippen LogP contribution >= 0.6 is 11.3 Å². The van der Waals surface area contributed by atoms with Crippen LogP contribution in [0.2, 0.25) is 0 Å². The Kier molecular flexibility index (Phi) is 6.44. The molecular weight excluding hydrogens is 330 g/mol. The zero-order valence-electron chi connectivity index (χ0n) is 12.8. The second kappa shape index (κ2) is 8.78. The van der Waals surface area contributed by atoms with Crippen molar-refractivity contribution in [1.29, 1.82) is 0 Å². The van der Waals surface area contributed by atoms with Gasteiger partial charge < -0.3 is 15.7 Å². The van der Waals surface area contributed by atoms with Crippen LogP contribution in [-0.4, -0.2) is 34.4 Å². The third kappa shape index (κ3) is 6.17. The van der Waals surface area contributed by atoms with E-state index in [1.54, 1.807) is 29.8 Å². The van der Waals surface area contributed by atoms with Gasteiger partial charge in [0.05, 0.1) is 17.6 Å². The Morgan fingerprint density at radius 2 is 1.88 bits per heavy atom. The van der Waals surface area contributed by atoms with E-state index in [-0.39, 0.29) is 18.2 Å². The predicted molar refractivity (Wildman–Crippen MR) is 89.9 cm³/mol. The molecule has 7 nitrogen and oxygen atoms in total. The summed E-state index contributed by atoms with van der Waals surface area (Å²) in [7, 11) is 0. The highest BCUT2D eigenvalue weighted by Gasteiger charge is 2.07. The normalized spacial score (nSPS) is 10.2. The number of aliphatic carboxylic acids is 1. The second-order valence-corrected chi connectivity index (χ2v) is 5.79. The molecule has 0 unspecified atom stereocenters. The van der Waals surface area contributed by atoms with Crippen molar-refractivity contribution in [2.24, 2.45) is 0 Å². The second-order valence-electron chi connectivity index (χ2n) is 5.07. The number of carboxylic acid groups (broad SMARTS) is 1. The summed E-state index contributed by atoms with van der Waals surface area (Å²) in [5, 5.41) is 15.5. The number of carbonyl (C=O) groups excluding carboxylic acids is 2. The highest BCUT2D eigenvalue weighted by Crippen LogP contribution is 2.11. The maximum atomic E-state index is 11.9. The number of aromatic nitrogens is 1. The van der Waals surface area contributed by atoms with E-state index >= 15 is 0 Å². The first kappa shape index (κ1) is 17.6. The van der Waals surface area contributed by atoms with E-state index in [2.05, 4.69) is 15.6 Å². The molecule has 2 amide bonds. The Balaban J connectivity index is 1.77. The third-order valence-corrected chi connectivity index (χ3v) is 3.77. The number of carbonyl (C=O) groups is 3. The number of carboxylic acids is 1. The van der Waals surface area contributed by atoms with Crippen molar-refractivity contribution in [3.8, 4) is 0 Å². The summed E-state index contributed by atoms with van der Waals surface area (Å²) in [6.07, 6.45) is 1.03. The Bertz CT molecular complexity index is 699. The molecule has 0 aliphatic heterocycles. The van der Waals surface area contributed by atoms with Crippen molar-refractivity contribution >= 4 is 34.8 Å². The molecule has 1 aromatic carbocycles. The van der Waals surface area contributed by atoms with Crippen molar-refractivity contribution in [2.75, 3.05) is 11.9 Å². The van der Waals surface area contributed by atoms with Gasteiger partial charge in [0.1, 0.15) is 6.54 Å². The first-order valence-corrected chi connectivity index (χ1v) is 8.21. The lowest BCUT2D eigenvalue weighted by molar-refractivity contribution is -0.137. The van der Waals surface area contributed by atoms with Crippen LogP contribution in [0.5, 0.6) is 0 Å². The molecule has 2 aromatic rings. The van der Waals surface area contributed by atoms with Gasteiger partial charge in [-0.15, -0.1) is 11.3 Å². The zero-order chi connectivity index (χ0) is 17.4. The molecule has 0 saturated heterocycles. The first-order chi connectivity index (χ1) is 11.5. The quantitative estimate of drug-likeness (QED) is 0.670. The fourth-order valence-corrected chi connectivity index (χ4v) is 2.55. The molecular formula is C16H17N3O4S. The summed E-state index contributed by atoms with van der Waals surface area (Å²) in [5.74, 6) is -1.55. The summed E-state index contributed by atoms with van der Waals surface area (Å²) in [5.41, 5.74) is 4.02. The van der Waals surface area contributed by atoms with Crippen LogP contribution in [0, 0.1) is 0 Å². The van der Waals surface area contributed by atoms with E-state index in [4.69, 9.17) is 5.11 Å².